The van der Waals surface area contributed by atoms with Gasteiger partial charge in [-0.05, 0) is 42.4 Å². The fourth-order valence-electron chi connectivity index (χ4n) is 2.75. The van der Waals surface area contributed by atoms with Crippen LogP contribution in [0.3, 0.4) is 0 Å². The summed E-state index contributed by atoms with van der Waals surface area (Å²) in [7, 11) is 4.81. The minimum absolute atomic E-state index is 0.0156. The molecule has 5 heteroatoms. The number of hydrogen-bond donors (Lipinski definition) is 1. The Kier molecular flexibility index (Phi) is 5.07. The van der Waals surface area contributed by atoms with Crippen LogP contribution in [-0.2, 0) is 16.1 Å². The quantitative estimate of drug-likeness (QED) is 0.798. The number of carbonyl (C=O) groups is 1. The second-order valence-corrected chi connectivity index (χ2v) is 5.38. The molecule has 1 atom stereocenters. The molecule has 0 spiro atoms. The van der Waals surface area contributed by atoms with Crippen molar-refractivity contribution >= 4 is 5.97 Å². The number of benzene rings is 1. The molecule has 5 nitrogen and oxygen atoms in total. The Labute approximate surface area is 124 Å². The molecule has 0 heterocycles. The summed E-state index contributed by atoms with van der Waals surface area (Å²) in [6, 6.07) is 3.84. The van der Waals surface area contributed by atoms with E-state index in [0.29, 0.717) is 24.0 Å². The Bertz CT molecular complexity index is 482. The van der Waals surface area contributed by atoms with Gasteiger partial charge in [0.25, 0.3) is 0 Å². The summed E-state index contributed by atoms with van der Waals surface area (Å²) in [4.78, 5) is 11.1. The average Bonchev–Trinajstić information content (AvgIpc) is 3.29. The molecule has 1 N–H and O–H groups in total. The van der Waals surface area contributed by atoms with Gasteiger partial charge in [0.1, 0.15) is 11.5 Å². The minimum atomic E-state index is -0.772. The van der Waals surface area contributed by atoms with Crippen molar-refractivity contribution in [3.8, 4) is 11.5 Å². The monoisotopic (exact) mass is 294 g/mol. The average molecular weight is 294 g/mol. The van der Waals surface area contributed by atoms with E-state index in [0.717, 1.165) is 24.0 Å². The van der Waals surface area contributed by atoms with Crippen LogP contribution >= 0.6 is 0 Å². The molecule has 1 fully saturated rings. The van der Waals surface area contributed by atoms with Crippen LogP contribution in [0.1, 0.15) is 36.3 Å². The van der Waals surface area contributed by atoms with Crippen LogP contribution < -0.4 is 9.47 Å². The lowest BCUT2D eigenvalue weighted by Gasteiger charge is -2.19. The first-order valence-corrected chi connectivity index (χ1v) is 7.06. The first-order valence-electron chi connectivity index (χ1n) is 7.06. The molecule has 116 valence electrons. The Morgan fingerprint density at radius 1 is 1.24 bits per heavy atom. The van der Waals surface area contributed by atoms with Crippen LogP contribution in [0.4, 0.5) is 0 Å². The fourth-order valence-corrected chi connectivity index (χ4v) is 2.75. The number of carboxylic acids is 1. The molecule has 0 aliphatic heterocycles. The molecule has 21 heavy (non-hydrogen) atoms. The number of aliphatic carboxylic acids is 1. The third-order valence-corrected chi connectivity index (χ3v) is 3.93. The Hall–Kier alpha value is -1.75. The lowest BCUT2D eigenvalue weighted by molar-refractivity contribution is -0.137. The molecule has 1 aromatic carbocycles. The van der Waals surface area contributed by atoms with Gasteiger partial charge < -0.3 is 19.3 Å². The van der Waals surface area contributed by atoms with Crippen molar-refractivity contribution in [1.82, 2.24) is 0 Å². The van der Waals surface area contributed by atoms with Crippen LogP contribution in [0.25, 0.3) is 0 Å². The molecule has 0 aromatic heterocycles. The predicted octanol–water partition coefficient (Wildman–Crippen LogP) is 2.82. The van der Waals surface area contributed by atoms with E-state index in [-0.39, 0.29) is 12.3 Å². The summed E-state index contributed by atoms with van der Waals surface area (Å²) in [5, 5.41) is 9.13. The number of ether oxygens (including phenoxy) is 3. The Morgan fingerprint density at radius 2 is 1.81 bits per heavy atom. The van der Waals surface area contributed by atoms with Crippen molar-refractivity contribution in [2.45, 2.75) is 31.8 Å². The molecule has 0 saturated heterocycles. The van der Waals surface area contributed by atoms with Gasteiger partial charge in [-0.3, -0.25) is 4.79 Å². The molecule has 0 bridgehead atoms. The van der Waals surface area contributed by atoms with Crippen molar-refractivity contribution < 1.29 is 24.1 Å². The van der Waals surface area contributed by atoms with Gasteiger partial charge in [-0.1, -0.05) is 0 Å². The Morgan fingerprint density at radius 3 is 2.19 bits per heavy atom. The molecule has 1 aromatic rings. The zero-order valence-electron chi connectivity index (χ0n) is 12.7. The van der Waals surface area contributed by atoms with E-state index >= 15 is 0 Å². The van der Waals surface area contributed by atoms with Crippen molar-refractivity contribution in [2.24, 2.45) is 5.92 Å². The second-order valence-electron chi connectivity index (χ2n) is 5.38. The molecule has 1 saturated carbocycles. The molecule has 0 radical (unpaired) electrons. The summed E-state index contributed by atoms with van der Waals surface area (Å²) >= 11 is 0. The minimum Gasteiger partial charge on any atom is -0.496 e. The highest BCUT2D eigenvalue weighted by Crippen LogP contribution is 2.46. The highest BCUT2D eigenvalue weighted by molar-refractivity contribution is 5.68. The smallest absolute Gasteiger partial charge is 0.303 e. The van der Waals surface area contributed by atoms with Gasteiger partial charge in [-0.2, -0.15) is 0 Å². The van der Waals surface area contributed by atoms with E-state index in [4.69, 9.17) is 19.3 Å². The van der Waals surface area contributed by atoms with Crippen molar-refractivity contribution in [2.75, 3.05) is 21.3 Å². The SMILES string of the molecule is COCc1c(OC)cc(C(CC(=O)O)C2CC2)cc1OC. The van der Waals surface area contributed by atoms with Crippen LogP contribution in [-0.4, -0.2) is 32.4 Å². The van der Waals surface area contributed by atoms with Gasteiger partial charge in [0, 0.05) is 7.11 Å². The maximum Gasteiger partial charge on any atom is 0.303 e. The maximum atomic E-state index is 11.1. The van der Waals surface area contributed by atoms with Crippen LogP contribution in [0.15, 0.2) is 12.1 Å². The highest BCUT2D eigenvalue weighted by Gasteiger charge is 2.34. The fraction of sp³-hybridized carbons (Fsp3) is 0.562. The molecular formula is C16H22O5. The topological polar surface area (TPSA) is 65.0 Å². The molecule has 1 unspecified atom stereocenters. The van der Waals surface area contributed by atoms with Gasteiger partial charge in [0.15, 0.2) is 0 Å². The molecule has 1 aliphatic rings. The number of carboxylic acid groups (broad SMARTS) is 1. The first-order chi connectivity index (χ1) is 10.1. The summed E-state index contributed by atoms with van der Waals surface area (Å²) < 4.78 is 16.0. The summed E-state index contributed by atoms with van der Waals surface area (Å²) in [6.45, 7) is 0.389. The molecular weight excluding hydrogens is 272 g/mol. The number of methoxy groups -OCH3 is 3. The van der Waals surface area contributed by atoms with Gasteiger partial charge in [0.05, 0.1) is 32.8 Å². The summed E-state index contributed by atoms with van der Waals surface area (Å²) in [6.07, 6.45) is 2.31. The van der Waals surface area contributed by atoms with E-state index in [1.54, 1.807) is 21.3 Å². The third kappa shape index (κ3) is 3.67. The molecule has 1 aliphatic carbocycles. The third-order valence-electron chi connectivity index (χ3n) is 3.93. The number of hydrogen-bond acceptors (Lipinski definition) is 4. The van der Waals surface area contributed by atoms with Crippen LogP contribution in [0, 0.1) is 5.92 Å². The lowest BCUT2D eigenvalue weighted by atomic mass is 9.89. The Balaban J connectivity index is 2.40. The second kappa shape index (κ2) is 6.80. The van der Waals surface area contributed by atoms with Gasteiger partial charge in [-0.25, -0.2) is 0 Å². The molecule has 0 amide bonds. The zero-order valence-corrected chi connectivity index (χ0v) is 12.7. The van der Waals surface area contributed by atoms with Gasteiger partial charge in [0.2, 0.25) is 0 Å². The number of rotatable bonds is 8. The van der Waals surface area contributed by atoms with E-state index < -0.39 is 5.97 Å². The van der Waals surface area contributed by atoms with Gasteiger partial charge in [-0.15, -0.1) is 0 Å². The summed E-state index contributed by atoms with van der Waals surface area (Å²) in [5.74, 6) is 1.06. The van der Waals surface area contributed by atoms with E-state index in [1.165, 1.54) is 0 Å². The maximum absolute atomic E-state index is 11.1. The largest absolute Gasteiger partial charge is 0.496 e. The van der Waals surface area contributed by atoms with E-state index in [9.17, 15) is 4.79 Å². The highest BCUT2D eigenvalue weighted by atomic mass is 16.5. The van der Waals surface area contributed by atoms with Crippen LogP contribution in [0.2, 0.25) is 0 Å². The van der Waals surface area contributed by atoms with Crippen molar-refractivity contribution in [3.05, 3.63) is 23.3 Å². The summed E-state index contributed by atoms with van der Waals surface area (Å²) in [5.41, 5.74) is 1.81. The van der Waals surface area contributed by atoms with E-state index in [2.05, 4.69) is 0 Å². The molecule has 2 rings (SSSR count). The van der Waals surface area contributed by atoms with E-state index in [1.807, 2.05) is 12.1 Å². The first kappa shape index (κ1) is 15.6. The van der Waals surface area contributed by atoms with Gasteiger partial charge >= 0.3 is 5.97 Å². The van der Waals surface area contributed by atoms with Crippen molar-refractivity contribution in [3.63, 3.8) is 0 Å². The van der Waals surface area contributed by atoms with Crippen molar-refractivity contribution in [1.29, 1.82) is 0 Å². The van der Waals surface area contributed by atoms with Crippen LogP contribution in [0.5, 0.6) is 11.5 Å². The lowest BCUT2D eigenvalue weighted by Crippen LogP contribution is -2.10. The standard InChI is InChI=1S/C16H22O5/c1-19-9-13-14(20-2)6-11(7-15(13)21-3)12(8-16(17)18)10-4-5-10/h6-7,10,12H,4-5,8-9H2,1-3H3,(H,17,18). The zero-order chi connectivity index (χ0) is 15.4. The normalized spacial score (nSPS) is 15.6. The predicted molar refractivity (Wildman–Crippen MR) is 78.0 cm³/mol.